The Balaban J connectivity index is 1.56. The molecule has 2 saturated heterocycles. The third kappa shape index (κ3) is 4.43. The van der Waals surface area contributed by atoms with Crippen LogP contribution >= 0.6 is 27.7 Å². The number of halogens is 1. The van der Waals surface area contributed by atoms with Gasteiger partial charge in [0.05, 0.1) is 4.91 Å². The lowest BCUT2D eigenvalue weighted by molar-refractivity contribution is -0.136. The first-order chi connectivity index (χ1) is 15.3. The van der Waals surface area contributed by atoms with Crippen LogP contribution in [0.4, 0.5) is 4.79 Å². The van der Waals surface area contributed by atoms with Gasteiger partial charge in [0.25, 0.3) is 11.1 Å². The average Bonchev–Trinajstić information content (AvgIpc) is 3.20. The number of aromatic nitrogens is 1. The maximum Gasteiger partial charge on any atom is 0.294 e. The van der Waals surface area contributed by atoms with Gasteiger partial charge in [-0.2, -0.15) is 0 Å². The summed E-state index contributed by atoms with van der Waals surface area (Å²) in [6, 6.07) is 8.18. The molecule has 168 valence electrons. The highest BCUT2D eigenvalue weighted by Gasteiger charge is 2.37. The number of hydrogen-bond donors (Lipinski definition) is 0. The summed E-state index contributed by atoms with van der Waals surface area (Å²) in [4.78, 5) is 41.2. The normalized spacial score (nSPS) is 18.2. The van der Waals surface area contributed by atoms with Crippen LogP contribution in [-0.2, 0) is 9.59 Å². The molecule has 2 aromatic rings. The predicted octanol–water partition coefficient (Wildman–Crippen LogP) is 5.21. The molecule has 2 aliphatic heterocycles. The van der Waals surface area contributed by atoms with E-state index < -0.39 is 5.91 Å². The number of thioether (sulfide) groups is 1. The summed E-state index contributed by atoms with van der Waals surface area (Å²) in [7, 11) is 0. The van der Waals surface area contributed by atoms with Gasteiger partial charge in [-0.1, -0.05) is 15.9 Å². The van der Waals surface area contributed by atoms with E-state index in [4.69, 9.17) is 0 Å². The molecule has 6 nitrogen and oxygen atoms in total. The highest BCUT2D eigenvalue weighted by atomic mass is 79.9. The fraction of sp³-hybridized carbons (Fsp3) is 0.375. The van der Waals surface area contributed by atoms with E-state index in [0.717, 1.165) is 68.6 Å². The van der Waals surface area contributed by atoms with E-state index in [0.29, 0.717) is 18.0 Å². The molecule has 1 aromatic heterocycles. The number of hydrogen-bond acceptors (Lipinski definition) is 4. The van der Waals surface area contributed by atoms with Crippen LogP contribution in [0.2, 0.25) is 0 Å². The Kier molecular flexibility index (Phi) is 6.62. The SMILES string of the molecule is Cc1cc(-n2c(C)cc(/C=C3\SC(=O)N(CC(=O)N4CCCCC4)C3=O)c2C)ccc1Br. The summed E-state index contributed by atoms with van der Waals surface area (Å²) in [5, 5.41) is -0.385. The number of nitrogens with zero attached hydrogens (tertiary/aromatic N) is 3. The summed E-state index contributed by atoms with van der Waals surface area (Å²) in [6.45, 7) is 7.28. The van der Waals surface area contributed by atoms with Crippen molar-refractivity contribution in [1.82, 2.24) is 14.4 Å². The molecule has 0 atom stereocenters. The minimum Gasteiger partial charge on any atom is -0.341 e. The number of imide groups is 1. The summed E-state index contributed by atoms with van der Waals surface area (Å²) >= 11 is 4.44. The van der Waals surface area contributed by atoms with E-state index in [-0.39, 0.29) is 17.7 Å². The second-order valence-electron chi connectivity index (χ2n) is 8.30. The highest BCUT2D eigenvalue weighted by Crippen LogP contribution is 2.34. The maximum absolute atomic E-state index is 12.9. The van der Waals surface area contributed by atoms with Gasteiger partial charge in [0.1, 0.15) is 6.54 Å². The zero-order valence-electron chi connectivity index (χ0n) is 18.5. The number of aryl methyl sites for hydroxylation is 2. The first-order valence-corrected chi connectivity index (χ1v) is 12.4. The minimum atomic E-state index is -0.394. The monoisotopic (exact) mass is 515 g/mol. The van der Waals surface area contributed by atoms with E-state index >= 15 is 0 Å². The van der Waals surface area contributed by atoms with Crippen LogP contribution in [0.15, 0.2) is 33.6 Å². The number of benzene rings is 1. The molecule has 3 heterocycles. The van der Waals surface area contributed by atoms with Crippen molar-refractivity contribution < 1.29 is 14.4 Å². The van der Waals surface area contributed by atoms with Crippen LogP contribution in [0.3, 0.4) is 0 Å². The number of carbonyl (C=O) groups is 3. The second kappa shape index (κ2) is 9.27. The largest absolute Gasteiger partial charge is 0.341 e. The number of piperidine rings is 1. The summed E-state index contributed by atoms with van der Waals surface area (Å²) in [6.07, 6.45) is 4.83. The standard InChI is InChI=1S/C24H26BrN3O3S/c1-15-11-19(7-8-20(15)25)28-16(2)12-18(17(28)3)13-21-23(30)27(24(31)32-21)14-22(29)26-9-5-4-6-10-26/h7-8,11-13H,4-6,9-10,14H2,1-3H3/b21-13-. The molecule has 0 bridgehead atoms. The van der Waals surface area contributed by atoms with Crippen LogP contribution in [0.1, 0.15) is 41.8 Å². The molecule has 32 heavy (non-hydrogen) atoms. The average molecular weight is 516 g/mol. The number of likely N-dealkylation sites (tertiary alicyclic amines) is 1. The lowest BCUT2D eigenvalue weighted by atomic mass is 10.1. The predicted molar refractivity (Wildman–Crippen MR) is 131 cm³/mol. The van der Waals surface area contributed by atoms with E-state index in [1.807, 2.05) is 39.0 Å². The Labute approximate surface area is 200 Å². The molecular weight excluding hydrogens is 490 g/mol. The Morgan fingerprint density at radius 3 is 2.50 bits per heavy atom. The fourth-order valence-electron chi connectivity index (χ4n) is 4.26. The van der Waals surface area contributed by atoms with Gasteiger partial charge in [0.2, 0.25) is 5.91 Å². The van der Waals surface area contributed by atoms with Gasteiger partial charge in [0.15, 0.2) is 0 Å². The third-order valence-electron chi connectivity index (χ3n) is 6.03. The molecule has 0 aliphatic carbocycles. The summed E-state index contributed by atoms with van der Waals surface area (Å²) in [5.74, 6) is -0.549. The van der Waals surface area contributed by atoms with Crippen molar-refractivity contribution in [3.05, 3.63) is 56.2 Å². The Hall–Kier alpha value is -2.32. The molecule has 3 amide bonds. The van der Waals surface area contributed by atoms with Gasteiger partial charge in [-0.25, -0.2) is 0 Å². The number of amides is 3. The van der Waals surface area contributed by atoms with Gasteiger partial charge >= 0.3 is 0 Å². The van der Waals surface area contributed by atoms with Crippen molar-refractivity contribution >= 4 is 50.8 Å². The Morgan fingerprint density at radius 2 is 1.81 bits per heavy atom. The molecule has 0 unspecified atom stereocenters. The lowest BCUT2D eigenvalue weighted by Crippen LogP contribution is -2.44. The molecule has 4 rings (SSSR count). The van der Waals surface area contributed by atoms with Crippen LogP contribution in [0.5, 0.6) is 0 Å². The molecule has 0 spiro atoms. The maximum atomic E-state index is 12.9. The minimum absolute atomic E-state index is 0.156. The summed E-state index contributed by atoms with van der Waals surface area (Å²) in [5.41, 5.74) is 5.09. The first kappa shape index (κ1) is 22.9. The van der Waals surface area contributed by atoms with Crippen molar-refractivity contribution in [2.75, 3.05) is 19.6 Å². The number of rotatable bonds is 4. The molecule has 0 radical (unpaired) electrons. The zero-order valence-corrected chi connectivity index (χ0v) is 20.9. The zero-order chi connectivity index (χ0) is 23.0. The van der Waals surface area contributed by atoms with Crippen molar-refractivity contribution in [1.29, 1.82) is 0 Å². The fourth-order valence-corrected chi connectivity index (χ4v) is 5.33. The number of carbonyl (C=O) groups excluding carboxylic acids is 3. The molecule has 0 N–H and O–H groups in total. The van der Waals surface area contributed by atoms with E-state index in [1.54, 1.807) is 11.0 Å². The van der Waals surface area contributed by atoms with Gasteiger partial charge in [-0.15, -0.1) is 0 Å². The van der Waals surface area contributed by atoms with E-state index in [2.05, 4.69) is 26.6 Å². The van der Waals surface area contributed by atoms with Crippen LogP contribution in [-0.4, -0.2) is 51.1 Å². The van der Waals surface area contributed by atoms with Gasteiger partial charge < -0.3 is 9.47 Å². The van der Waals surface area contributed by atoms with Crippen molar-refractivity contribution in [2.45, 2.75) is 40.0 Å². The molecule has 0 saturated carbocycles. The Bertz CT molecular complexity index is 1130. The summed E-state index contributed by atoms with van der Waals surface area (Å²) < 4.78 is 3.19. The van der Waals surface area contributed by atoms with Crippen LogP contribution in [0, 0.1) is 20.8 Å². The molecule has 2 aliphatic rings. The molecule has 8 heteroatoms. The van der Waals surface area contributed by atoms with Gasteiger partial charge in [-0.3, -0.25) is 19.3 Å². The molecule has 1 aromatic carbocycles. The lowest BCUT2D eigenvalue weighted by Gasteiger charge is -2.27. The smallest absolute Gasteiger partial charge is 0.294 e. The Morgan fingerprint density at radius 1 is 1.09 bits per heavy atom. The van der Waals surface area contributed by atoms with E-state index in [9.17, 15) is 14.4 Å². The quantitative estimate of drug-likeness (QED) is 0.524. The van der Waals surface area contributed by atoms with Crippen molar-refractivity contribution in [2.24, 2.45) is 0 Å². The molecule has 2 fully saturated rings. The van der Waals surface area contributed by atoms with Gasteiger partial charge in [0, 0.05) is 34.6 Å². The van der Waals surface area contributed by atoms with E-state index in [1.165, 1.54) is 0 Å². The van der Waals surface area contributed by atoms with Crippen LogP contribution in [0.25, 0.3) is 11.8 Å². The molecular formula is C24H26BrN3O3S. The van der Waals surface area contributed by atoms with Crippen molar-refractivity contribution in [3.8, 4) is 5.69 Å². The topological polar surface area (TPSA) is 62.6 Å². The highest BCUT2D eigenvalue weighted by molar-refractivity contribution is 9.10. The van der Waals surface area contributed by atoms with Crippen molar-refractivity contribution in [3.63, 3.8) is 0 Å². The third-order valence-corrected chi connectivity index (χ3v) is 7.83. The van der Waals surface area contributed by atoms with Gasteiger partial charge in [-0.05, 0) is 93.3 Å². The first-order valence-electron chi connectivity index (χ1n) is 10.7. The second-order valence-corrected chi connectivity index (χ2v) is 10.2. The van der Waals surface area contributed by atoms with Crippen LogP contribution < -0.4 is 0 Å².